The molecule has 0 spiro atoms. The van der Waals surface area contributed by atoms with E-state index in [4.69, 9.17) is 5.11 Å². The van der Waals surface area contributed by atoms with Crippen molar-refractivity contribution in [3.63, 3.8) is 0 Å². The summed E-state index contributed by atoms with van der Waals surface area (Å²) in [5.41, 5.74) is 0. The second kappa shape index (κ2) is 5.31. The lowest BCUT2D eigenvalue weighted by Crippen LogP contribution is -2.43. The molecule has 15 heavy (non-hydrogen) atoms. The fourth-order valence-corrected chi connectivity index (χ4v) is 3.45. The van der Waals surface area contributed by atoms with Crippen LogP contribution in [0, 0.1) is 11.8 Å². The topological polar surface area (TPSA) is 23.5 Å². The molecule has 0 radical (unpaired) electrons. The highest BCUT2D eigenvalue weighted by molar-refractivity contribution is 4.97. The Morgan fingerprint density at radius 1 is 1.13 bits per heavy atom. The smallest absolute Gasteiger partial charge is 0.0558 e. The van der Waals surface area contributed by atoms with Gasteiger partial charge < -0.3 is 5.11 Å². The Morgan fingerprint density at radius 3 is 2.47 bits per heavy atom. The summed E-state index contributed by atoms with van der Waals surface area (Å²) >= 11 is 0. The number of hydrogen-bond donors (Lipinski definition) is 1. The number of unbranched alkanes of at least 4 members (excludes halogenated alkanes) is 1. The molecule has 0 heterocycles. The summed E-state index contributed by atoms with van der Waals surface area (Å²) < 4.78 is 0. The first-order valence-electron chi connectivity index (χ1n) is 6.71. The maximum Gasteiger partial charge on any atom is 0.0558 e. The first-order valence-corrected chi connectivity index (χ1v) is 6.71. The van der Waals surface area contributed by atoms with Crippen LogP contribution in [0.25, 0.3) is 0 Å². The molecule has 2 heteroatoms. The van der Waals surface area contributed by atoms with Gasteiger partial charge in [0, 0.05) is 12.6 Å². The molecule has 2 aliphatic rings. The Hall–Kier alpha value is -0.0800. The third-order valence-electron chi connectivity index (χ3n) is 4.46. The molecule has 3 atom stereocenters. The van der Waals surface area contributed by atoms with Gasteiger partial charge in [-0.3, -0.25) is 4.90 Å². The zero-order valence-corrected chi connectivity index (χ0v) is 9.99. The van der Waals surface area contributed by atoms with Gasteiger partial charge in [0.05, 0.1) is 6.61 Å². The molecule has 0 aromatic rings. The summed E-state index contributed by atoms with van der Waals surface area (Å²) in [5.74, 6) is 2.02. The van der Waals surface area contributed by atoms with E-state index in [0.717, 1.165) is 24.4 Å². The molecule has 2 fully saturated rings. The van der Waals surface area contributed by atoms with Gasteiger partial charge in [-0.25, -0.2) is 0 Å². The molecule has 0 amide bonds. The molecular weight excluding hydrogens is 186 g/mol. The summed E-state index contributed by atoms with van der Waals surface area (Å²) in [7, 11) is 0. The standard InChI is InChI=1S/C13H25NO/c1-2-3-8-14(9-10-15)13-7-5-11-4-6-12(11)13/h11-13,15H,2-10H2,1H3. The summed E-state index contributed by atoms with van der Waals surface area (Å²) in [5, 5.41) is 9.12. The summed E-state index contributed by atoms with van der Waals surface area (Å²) in [4.78, 5) is 2.56. The SMILES string of the molecule is CCCCN(CCO)C1CCC2CCC21. The Labute approximate surface area is 93.7 Å². The zero-order chi connectivity index (χ0) is 10.7. The molecule has 0 aromatic heterocycles. The molecule has 3 unspecified atom stereocenters. The van der Waals surface area contributed by atoms with Gasteiger partial charge in [-0.05, 0) is 50.5 Å². The van der Waals surface area contributed by atoms with Gasteiger partial charge in [0.1, 0.15) is 0 Å². The summed E-state index contributed by atoms with van der Waals surface area (Å²) in [6.45, 7) is 4.67. The fraction of sp³-hybridized carbons (Fsp3) is 1.00. The minimum absolute atomic E-state index is 0.331. The second-order valence-corrected chi connectivity index (χ2v) is 5.26. The van der Waals surface area contributed by atoms with Gasteiger partial charge >= 0.3 is 0 Å². The average molecular weight is 211 g/mol. The Balaban J connectivity index is 1.85. The van der Waals surface area contributed by atoms with Crippen LogP contribution >= 0.6 is 0 Å². The van der Waals surface area contributed by atoms with Gasteiger partial charge in [-0.15, -0.1) is 0 Å². The predicted molar refractivity (Wildman–Crippen MR) is 62.8 cm³/mol. The van der Waals surface area contributed by atoms with E-state index < -0.39 is 0 Å². The minimum Gasteiger partial charge on any atom is -0.395 e. The predicted octanol–water partition coefficient (Wildman–Crippen LogP) is 2.27. The molecule has 0 aromatic carbocycles. The van der Waals surface area contributed by atoms with Crippen LogP contribution in [-0.2, 0) is 0 Å². The van der Waals surface area contributed by atoms with Gasteiger partial charge in [0.15, 0.2) is 0 Å². The van der Waals surface area contributed by atoms with Crippen molar-refractivity contribution in [2.24, 2.45) is 11.8 Å². The quantitative estimate of drug-likeness (QED) is 0.728. The zero-order valence-electron chi connectivity index (χ0n) is 9.99. The van der Waals surface area contributed by atoms with Crippen molar-refractivity contribution in [3.05, 3.63) is 0 Å². The van der Waals surface area contributed by atoms with Gasteiger partial charge in [-0.2, -0.15) is 0 Å². The lowest BCUT2D eigenvalue weighted by Gasteiger charge is -2.39. The molecule has 88 valence electrons. The van der Waals surface area contributed by atoms with Crippen molar-refractivity contribution in [2.75, 3.05) is 19.7 Å². The lowest BCUT2D eigenvalue weighted by atomic mass is 9.74. The van der Waals surface area contributed by atoms with Crippen LogP contribution in [0.2, 0.25) is 0 Å². The maximum atomic E-state index is 9.12. The van der Waals surface area contributed by atoms with Crippen LogP contribution in [0.5, 0.6) is 0 Å². The van der Waals surface area contributed by atoms with E-state index >= 15 is 0 Å². The minimum atomic E-state index is 0.331. The highest BCUT2D eigenvalue weighted by Crippen LogP contribution is 2.48. The van der Waals surface area contributed by atoms with Crippen LogP contribution in [-0.4, -0.2) is 35.7 Å². The van der Waals surface area contributed by atoms with Crippen LogP contribution in [0.1, 0.15) is 45.4 Å². The maximum absolute atomic E-state index is 9.12. The molecule has 0 aliphatic heterocycles. The van der Waals surface area contributed by atoms with Crippen molar-refractivity contribution in [1.82, 2.24) is 4.90 Å². The second-order valence-electron chi connectivity index (χ2n) is 5.26. The van der Waals surface area contributed by atoms with Crippen molar-refractivity contribution in [1.29, 1.82) is 0 Å². The molecule has 0 saturated heterocycles. The number of hydrogen-bond acceptors (Lipinski definition) is 2. The van der Waals surface area contributed by atoms with Crippen molar-refractivity contribution < 1.29 is 5.11 Å². The van der Waals surface area contributed by atoms with E-state index in [1.165, 1.54) is 45.1 Å². The largest absolute Gasteiger partial charge is 0.395 e. The third-order valence-corrected chi connectivity index (χ3v) is 4.46. The normalized spacial score (nSPS) is 34.2. The Morgan fingerprint density at radius 2 is 1.93 bits per heavy atom. The van der Waals surface area contributed by atoms with Crippen LogP contribution < -0.4 is 0 Å². The van der Waals surface area contributed by atoms with E-state index in [0.29, 0.717) is 6.61 Å². The molecule has 0 bridgehead atoms. The highest BCUT2D eigenvalue weighted by atomic mass is 16.3. The number of aliphatic hydroxyl groups excluding tert-OH is 1. The van der Waals surface area contributed by atoms with Gasteiger partial charge in [-0.1, -0.05) is 13.3 Å². The van der Waals surface area contributed by atoms with E-state index in [1.54, 1.807) is 0 Å². The van der Waals surface area contributed by atoms with Gasteiger partial charge in [0.25, 0.3) is 0 Å². The molecule has 1 N–H and O–H groups in total. The summed E-state index contributed by atoms with van der Waals surface area (Å²) in [6, 6.07) is 0.808. The Kier molecular flexibility index (Phi) is 4.04. The monoisotopic (exact) mass is 211 g/mol. The molecule has 2 aliphatic carbocycles. The summed E-state index contributed by atoms with van der Waals surface area (Å²) in [6.07, 6.45) is 8.31. The van der Waals surface area contributed by atoms with Crippen molar-refractivity contribution >= 4 is 0 Å². The number of fused-ring (bicyclic) bond motifs is 1. The average Bonchev–Trinajstić information content (AvgIpc) is 2.48. The number of nitrogens with zero attached hydrogens (tertiary/aromatic N) is 1. The number of rotatable bonds is 6. The fourth-order valence-electron chi connectivity index (χ4n) is 3.45. The lowest BCUT2D eigenvalue weighted by molar-refractivity contribution is 0.0782. The van der Waals surface area contributed by atoms with E-state index in [9.17, 15) is 0 Å². The molecular formula is C13H25NO. The number of aliphatic hydroxyl groups is 1. The van der Waals surface area contributed by atoms with Crippen LogP contribution in [0.3, 0.4) is 0 Å². The first-order chi connectivity index (χ1) is 7.36. The van der Waals surface area contributed by atoms with Gasteiger partial charge in [0.2, 0.25) is 0 Å². The highest BCUT2D eigenvalue weighted by Gasteiger charge is 2.44. The molecule has 2 nitrogen and oxygen atoms in total. The van der Waals surface area contributed by atoms with Crippen LogP contribution in [0.4, 0.5) is 0 Å². The Bertz CT molecular complexity index is 195. The molecule has 2 saturated carbocycles. The first kappa shape index (κ1) is 11.4. The third kappa shape index (κ3) is 2.36. The van der Waals surface area contributed by atoms with E-state index in [1.807, 2.05) is 0 Å². The van der Waals surface area contributed by atoms with E-state index in [2.05, 4.69) is 11.8 Å². The van der Waals surface area contributed by atoms with Crippen molar-refractivity contribution in [3.8, 4) is 0 Å². The molecule has 2 rings (SSSR count). The van der Waals surface area contributed by atoms with E-state index in [-0.39, 0.29) is 0 Å². The van der Waals surface area contributed by atoms with Crippen LogP contribution in [0.15, 0.2) is 0 Å². The van der Waals surface area contributed by atoms with Crippen molar-refractivity contribution in [2.45, 2.75) is 51.5 Å².